The van der Waals surface area contributed by atoms with E-state index in [-0.39, 0.29) is 24.3 Å². The minimum Gasteiger partial charge on any atom is -0.517 e. The summed E-state index contributed by atoms with van der Waals surface area (Å²) in [6.07, 6.45) is -2.72. The van der Waals surface area contributed by atoms with Crippen LogP contribution in [-0.2, 0) is 15.5 Å². The number of quaternary nitrogens is 1. The van der Waals surface area contributed by atoms with Gasteiger partial charge in [-0.1, -0.05) is 18.9 Å². The van der Waals surface area contributed by atoms with E-state index in [4.69, 9.17) is 9.31 Å². The third-order valence-corrected chi connectivity index (χ3v) is 5.08. The number of alkyl halides is 3. The Labute approximate surface area is 151 Å². The van der Waals surface area contributed by atoms with Crippen molar-refractivity contribution >= 4 is 12.1 Å². The van der Waals surface area contributed by atoms with Crippen molar-refractivity contribution in [2.75, 3.05) is 32.8 Å². The van der Waals surface area contributed by atoms with Gasteiger partial charge in [0.25, 0.3) is 0 Å². The van der Waals surface area contributed by atoms with Crippen molar-refractivity contribution in [3.8, 4) is 0 Å². The molecule has 128 valence electrons. The fourth-order valence-electron chi connectivity index (χ4n) is 3.87. The van der Waals surface area contributed by atoms with E-state index in [1.165, 1.54) is 0 Å². The molecule has 1 aromatic rings. The number of benzene rings is 1. The summed E-state index contributed by atoms with van der Waals surface area (Å²) in [5, 5.41) is 0. The normalized spacial score (nSPS) is 29.4. The van der Waals surface area contributed by atoms with Gasteiger partial charge in [0, 0.05) is 6.54 Å². The van der Waals surface area contributed by atoms with Crippen LogP contribution >= 0.6 is 0 Å². The molecule has 0 spiro atoms. The molecule has 2 aliphatic rings. The predicted octanol–water partition coefficient (Wildman–Crippen LogP) is -0.528. The molecule has 0 saturated carbocycles. The number of halogens is 4. The molecular formula is C15H19BF4LiNO2. The second kappa shape index (κ2) is 7.01. The molecule has 3 nitrogen and oxygen atoms in total. The molecular weight excluding hydrogens is 320 g/mol. The van der Waals surface area contributed by atoms with Gasteiger partial charge < -0.3 is 13.7 Å². The van der Waals surface area contributed by atoms with Crippen molar-refractivity contribution in [3.63, 3.8) is 0 Å². The van der Waals surface area contributed by atoms with Crippen LogP contribution in [0.5, 0.6) is 0 Å². The summed E-state index contributed by atoms with van der Waals surface area (Å²) in [6, 6.07) is 3.56. The van der Waals surface area contributed by atoms with E-state index in [9.17, 15) is 17.6 Å². The minimum absolute atomic E-state index is 0. The van der Waals surface area contributed by atoms with Crippen molar-refractivity contribution in [2.24, 2.45) is 0 Å². The van der Waals surface area contributed by atoms with E-state index in [1.807, 2.05) is 6.92 Å². The van der Waals surface area contributed by atoms with Gasteiger partial charge in [0.2, 0.25) is 0 Å². The topological polar surface area (TPSA) is 18.5 Å². The third kappa shape index (κ3) is 3.04. The first-order chi connectivity index (χ1) is 10.8. The first-order valence-corrected chi connectivity index (χ1v) is 7.91. The van der Waals surface area contributed by atoms with E-state index in [2.05, 4.69) is 6.07 Å². The smallest absolute Gasteiger partial charge is 0.517 e. The van der Waals surface area contributed by atoms with Crippen LogP contribution in [0.4, 0.5) is 17.6 Å². The summed E-state index contributed by atoms with van der Waals surface area (Å²) in [4.78, 5) is 0. The van der Waals surface area contributed by atoms with Crippen molar-refractivity contribution < 1.29 is 50.1 Å². The van der Waals surface area contributed by atoms with Gasteiger partial charge in [-0.2, -0.15) is 25.3 Å². The molecule has 0 N–H and O–H groups in total. The van der Waals surface area contributed by atoms with E-state index in [1.54, 1.807) is 0 Å². The predicted molar refractivity (Wildman–Crippen MR) is 77.3 cm³/mol. The molecule has 3 rings (SSSR count). The van der Waals surface area contributed by atoms with Crippen LogP contribution in [0.25, 0.3) is 0 Å². The Bertz CT molecular complexity index is 589. The Hall–Kier alpha value is -0.518. The Balaban J connectivity index is 0.00000208. The Kier molecular flexibility index (Phi) is 5.78. The number of rotatable bonds is 4. The van der Waals surface area contributed by atoms with Gasteiger partial charge in [-0.3, -0.25) is 0 Å². The number of unbranched alkanes of at least 4 members (excludes halogenated alkanes) is 1. The van der Waals surface area contributed by atoms with Crippen LogP contribution in [0.2, 0.25) is 0 Å². The summed E-state index contributed by atoms with van der Waals surface area (Å²) < 4.78 is 65.3. The van der Waals surface area contributed by atoms with Crippen molar-refractivity contribution in [2.45, 2.75) is 25.9 Å². The molecule has 0 amide bonds. The maximum atomic E-state index is 14.4. The summed E-state index contributed by atoms with van der Waals surface area (Å²) >= 11 is 0. The fraction of sp³-hybridized carbons (Fsp3) is 0.600. The number of hydrogen-bond acceptors (Lipinski definition) is 2. The van der Waals surface area contributed by atoms with Crippen LogP contribution < -0.4 is 24.3 Å². The summed E-state index contributed by atoms with van der Waals surface area (Å²) in [6.45, 7) is 2.46. The van der Waals surface area contributed by atoms with E-state index in [0.717, 1.165) is 18.9 Å². The monoisotopic (exact) mass is 339 g/mol. The van der Waals surface area contributed by atoms with Crippen LogP contribution in [-0.4, -0.2) is 43.9 Å². The molecule has 2 fully saturated rings. The largest absolute Gasteiger partial charge is 1.00 e. The Morgan fingerprint density at radius 3 is 2.42 bits per heavy atom. The fourth-order valence-corrected chi connectivity index (χ4v) is 3.87. The SMILES string of the molecule is CCCC[N+]12CCO[B-]1(c1cc(C(F)(F)F)c[c-]c1F)OCC2.[Li+]. The first-order valence-electron chi connectivity index (χ1n) is 7.91. The first kappa shape index (κ1) is 19.8. The Morgan fingerprint density at radius 1 is 1.25 bits per heavy atom. The van der Waals surface area contributed by atoms with Crippen LogP contribution in [0.1, 0.15) is 25.3 Å². The number of hydrogen-bond donors (Lipinski definition) is 0. The molecule has 9 heteroatoms. The molecule has 1 aromatic carbocycles. The van der Waals surface area contributed by atoms with Crippen molar-refractivity contribution in [1.82, 2.24) is 0 Å². The zero-order valence-corrected chi connectivity index (χ0v) is 14.0. The molecule has 2 aliphatic heterocycles. The van der Waals surface area contributed by atoms with Crippen LogP contribution in [0.15, 0.2) is 12.1 Å². The maximum Gasteiger partial charge on any atom is 1.00 e. The van der Waals surface area contributed by atoms with Gasteiger partial charge in [0.15, 0.2) is 0 Å². The van der Waals surface area contributed by atoms with Gasteiger partial charge in [0.05, 0.1) is 26.3 Å². The molecule has 2 saturated heterocycles. The molecule has 0 bridgehead atoms. The van der Waals surface area contributed by atoms with Crippen LogP contribution in [0.3, 0.4) is 0 Å². The van der Waals surface area contributed by atoms with Crippen molar-refractivity contribution in [3.05, 3.63) is 29.6 Å². The van der Waals surface area contributed by atoms with Gasteiger partial charge >= 0.3 is 31.7 Å². The quantitative estimate of drug-likeness (QED) is 0.417. The average Bonchev–Trinajstić information content (AvgIpc) is 3.00. The third-order valence-electron chi connectivity index (χ3n) is 5.08. The van der Waals surface area contributed by atoms with Crippen molar-refractivity contribution in [1.29, 1.82) is 0 Å². The summed E-state index contributed by atoms with van der Waals surface area (Å²) in [5.74, 6) is -0.819. The molecule has 0 atom stereocenters. The molecule has 0 aromatic heterocycles. The van der Waals surface area contributed by atoms with Gasteiger partial charge in [-0.15, -0.1) is 11.5 Å². The molecule has 2 heterocycles. The summed E-state index contributed by atoms with van der Waals surface area (Å²) in [5.41, 5.74) is -1.06. The average molecular weight is 339 g/mol. The zero-order chi connectivity index (χ0) is 16.7. The second-order valence-electron chi connectivity index (χ2n) is 6.31. The maximum absolute atomic E-state index is 14.4. The minimum atomic E-state index is -4.55. The zero-order valence-electron chi connectivity index (χ0n) is 14.0. The molecule has 0 radical (unpaired) electrons. The summed E-state index contributed by atoms with van der Waals surface area (Å²) in [7, 11) is 0. The standard InChI is InChI=1S/C15H19BF4NO2.Li/c1-2-3-6-21-7-9-22-16(21,23-10-8-21)13-11-12(15(18,19)20)4-5-14(13)17;/h4,11H,2-3,6-10H2,1H3;/q-1;+1. The van der Waals surface area contributed by atoms with E-state index >= 15 is 0 Å². The second-order valence-corrected chi connectivity index (χ2v) is 6.31. The molecule has 0 unspecified atom stereocenters. The van der Waals surface area contributed by atoms with Gasteiger partial charge in [-0.25, -0.2) is 4.39 Å². The number of nitrogens with zero attached hydrogens (tertiary/aromatic N) is 1. The van der Waals surface area contributed by atoms with Crippen LogP contribution in [0, 0.1) is 11.9 Å². The van der Waals surface area contributed by atoms with E-state index in [0.29, 0.717) is 43.3 Å². The van der Waals surface area contributed by atoms with Gasteiger partial charge in [0.1, 0.15) is 0 Å². The Morgan fingerprint density at radius 2 is 1.88 bits per heavy atom. The molecule has 0 aliphatic carbocycles. The van der Waals surface area contributed by atoms with E-state index < -0.39 is 24.2 Å². The molecule has 24 heavy (non-hydrogen) atoms. The number of fused-ring (bicyclic) bond motifs is 1. The van der Waals surface area contributed by atoms with Gasteiger partial charge in [-0.05, 0) is 12.2 Å².